The molecular weight excluding hydrogens is 306 g/mol. The van der Waals surface area contributed by atoms with Crippen LogP contribution < -0.4 is 5.56 Å². The molecule has 0 aliphatic rings. The number of hydrogen-bond acceptors (Lipinski definition) is 2. The summed E-state index contributed by atoms with van der Waals surface area (Å²) in [5.41, 5.74) is 0.0687. The van der Waals surface area contributed by atoms with Crippen LogP contribution in [0.1, 0.15) is 12.6 Å². The molecule has 6 heteroatoms. The van der Waals surface area contributed by atoms with Gasteiger partial charge >= 0.3 is 0 Å². The summed E-state index contributed by atoms with van der Waals surface area (Å²) in [5, 5.41) is 0. The summed E-state index contributed by atoms with van der Waals surface area (Å²) < 4.78 is 27.1. The monoisotopic (exact) mass is 314 g/mol. The Morgan fingerprint density at radius 3 is 2.67 bits per heavy atom. The first-order chi connectivity index (χ1) is 8.51. The Hall–Kier alpha value is -1.56. The molecule has 18 heavy (non-hydrogen) atoms. The SMILES string of the molecule is CCc1cc(=O)[nH]c(-c2cc(F)c(Br)cc2F)n1. The van der Waals surface area contributed by atoms with Gasteiger partial charge in [0.1, 0.15) is 17.5 Å². The zero-order valence-electron chi connectivity index (χ0n) is 9.43. The highest BCUT2D eigenvalue weighted by atomic mass is 79.9. The van der Waals surface area contributed by atoms with Crippen molar-refractivity contribution in [1.82, 2.24) is 9.97 Å². The van der Waals surface area contributed by atoms with Crippen molar-refractivity contribution in [3.63, 3.8) is 0 Å². The van der Waals surface area contributed by atoms with Gasteiger partial charge in [-0.15, -0.1) is 0 Å². The third-order valence-corrected chi connectivity index (χ3v) is 3.03. The number of aromatic amines is 1. The van der Waals surface area contributed by atoms with Crippen LogP contribution in [0.2, 0.25) is 0 Å². The first-order valence-electron chi connectivity index (χ1n) is 5.26. The summed E-state index contributed by atoms with van der Waals surface area (Å²) in [4.78, 5) is 17.9. The van der Waals surface area contributed by atoms with Crippen molar-refractivity contribution in [2.24, 2.45) is 0 Å². The predicted molar refractivity (Wildman–Crippen MR) is 67.3 cm³/mol. The molecule has 2 rings (SSSR count). The van der Waals surface area contributed by atoms with Crippen LogP contribution in [0.4, 0.5) is 8.78 Å². The Balaban J connectivity index is 2.65. The molecule has 1 N–H and O–H groups in total. The van der Waals surface area contributed by atoms with Crippen molar-refractivity contribution in [2.45, 2.75) is 13.3 Å². The van der Waals surface area contributed by atoms with Crippen LogP contribution in [0.5, 0.6) is 0 Å². The average Bonchev–Trinajstić information content (AvgIpc) is 2.33. The number of aromatic nitrogens is 2. The van der Waals surface area contributed by atoms with Gasteiger partial charge in [0.25, 0.3) is 5.56 Å². The fourth-order valence-corrected chi connectivity index (χ4v) is 1.84. The van der Waals surface area contributed by atoms with Gasteiger partial charge in [0.05, 0.1) is 10.0 Å². The van der Waals surface area contributed by atoms with E-state index in [4.69, 9.17) is 0 Å². The molecule has 0 saturated heterocycles. The van der Waals surface area contributed by atoms with Crippen molar-refractivity contribution in [3.05, 3.63) is 50.4 Å². The first kappa shape index (κ1) is 12.9. The van der Waals surface area contributed by atoms with Crippen LogP contribution in [-0.4, -0.2) is 9.97 Å². The quantitative estimate of drug-likeness (QED) is 0.866. The molecule has 0 saturated carbocycles. The number of halogens is 3. The zero-order valence-corrected chi connectivity index (χ0v) is 11.0. The van der Waals surface area contributed by atoms with E-state index < -0.39 is 11.6 Å². The third kappa shape index (κ3) is 2.48. The summed E-state index contributed by atoms with van der Waals surface area (Å²) in [6.45, 7) is 1.82. The van der Waals surface area contributed by atoms with Crippen LogP contribution in [0.25, 0.3) is 11.4 Å². The summed E-state index contributed by atoms with van der Waals surface area (Å²) in [7, 11) is 0. The van der Waals surface area contributed by atoms with Crippen LogP contribution in [0.3, 0.4) is 0 Å². The first-order valence-corrected chi connectivity index (χ1v) is 6.05. The van der Waals surface area contributed by atoms with E-state index in [0.29, 0.717) is 12.1 Å². The summed E-state index contributed by atoms with van der Waals surface area (Å²) in [5.74, 6) is -1.24. The highest BCUT2D eigenvalue weighted by Gasteiger charge is 2.12. The lowest BCUT2D eigenvalue weighted by Crippen LogP contribution is -2.10. The molecule has 0 unspecified atom stereocenters. The normalized spacial score (nSPS) is 10.7. The molecule has 0 bridgehead atoms. The van der Waals surface area contributed by atoms with Crippen LogP contribution in [0.15, 0.2) is 27.5 Å². The van der Waals surface area contributed by atoms with E-state index in [9.17, 15) is 13.6 Å². The van der Waals surface area contributed by atoms with Gasteiger partial charge in [-0.25, -0.2) is 13.8 Å². The van der Waals surface area contributed by atoms with E-state index in [1.165, 1.54) is 6.07 Å². The largest absolute Gasteiger partial charge is 0.306 e. The Labute approximate surface area is 110 Å². The molecule has 0 spiro atoms. The van der Waals surface area contributed by atoms with Gasteiger partial charge < -0.3 is 4.98 Å². The minimum absolute atomic E-state index is 0.0257. The fraction of sp³-hybridized carbons (Fsp3) is 0.167. The van der Waals surface area contributed by atoms with Crippen molar-refractivity contribution in [1.29, 1.82) is 0 Å². The molecule has 0 aliphatic heterocycles. The van der Waals surface area contributed by atoms with Crippen LogP contribution in [-0.2, 0) is 6.42 Å². The predicted octanol–water partition coefficient (Wildman–Crippen LogP) is 3.04. The maximum atomic E-state index is 13.7. The van der Waals surface area contributed by atoms with Gasteiger partial charge in [-0.1, -0.05) is 6.92 Å². The molecule has 0 amide bonds. The zero-order chi connectivity index (χ0) is 13.3. The lowest BCUT2D eigenvalue weighted by atomic mass is 10.2. The molecule has 0 aliphatic carbocycles. The molecule has 0 atom stereocenters. The topological polar surface area (TPSA) is 45.8 Å². The second-order valence-electron chi connectivity index (χ2n) is 3.69. The second kappa shape index (κ2) is 4.97. The molecule has 3 nitrogen and oxygen atoms in total. The Morgan fingerprint density at radius 2 is 2.00 bits per heavy atom. The molecule has 0 fully saturated rings. The Bertz CT molecular complexity index is 655. The van der Waals surface area contributed by atoms with Gasteiger partial charge in [-0.3, -0.25) is 4.79 Å². The number of H-pyrrole nitrogens is 1. The maximum absolute atomic E-state index is 13.7. The Kier molecular flexibility index (Phi) is 3.56. The summed E-state index contributed by atoms with van der Waals surface area (Å²) in [6.07, 6.45) is 0.539. The highest BCUT2D eigenvalue weighted by Crippen LogP contribution is 2.25. The Morgan fingerprint density at radius 1 is 1.28 bits per heavy atom. The summed E-state index contributed by atoms with van der Waals surface area (Å²) >= 11 is 2.89. The van der Waals surface area contributed by atoms with Crippen molar-refractivity contribution in [2.75, 3.05) is 0 Å². The van der Waals surface area contributed by atoms with E-state index in [1.54, 1.807) is 0 Å². The van der Waals surface area contributed by atoms with E-state index in [-0.39, 0.29) is 21.4 Å². The number of nitrogens with zero attached hydrogens (tertiary/aromatic N) is 1. The number of hydrogen-bond donors (Lipinski definition) is 1. The van der Waals surface area contributed by atoms with Gasteiger partial charge in [0.2, 0.25) is 0 Å². The number of rotatable bonds is 2. The number of benzene rings is 1. The number of nitrogens with one attached hydrogen (secondary N) is 1. The van der Waals surface area contributed by atoms with Crippen LogP contribution in [0, 0.1) is 11.6 Å². The van der Waals surface area contributed by atoms with Gasteiger partial charge in [-0.2, -0.15) is 0 Å². The van der Waals surface area contributed by atoms with E-state index in [2.05, 4.69) is 25.9 Å². The lowest BCUT2D eigenvalue weighted by Gasteiger charge is -2.05. The molecular formula is C12H9BrF2N2O. The third-order valence-electron chi connectivity index (χ3n) is 2.42. The lowest BCUT2D eigenvalue weighted by molar-refractivity contribution is 0.596. The van der Waals surface area contributed by atoms with E-state index in [1.807, 2.05) is 6.92 Å². The van der Waals surface area contributed by atoms with Gasteiger partial charge in [0.15, 0.2) is 0 Å². The maximum Gasteiger partial charge on any atom is 0.251 e. The van der Waals surface area contributed by atoms with Crippen molar-refractivity contribution in [3.8, 4) is 11.4 Å². The molecule has 1 heterocycles. The van der Waals surface area contributed by atoms with Crippen LogP contribution >= 0.6 is 15.9 Å². The average molecular weight is 315 g/mol. The number of aryl methyl sites for hydroxylation is 1. The van der Waals surface area contributed by atoms with Crippen molar-refractivity contribution >= 4 is 15.9 Å². The minimum atomic E-state index is -0.653. The molecule has 0 radical (unpaired) electrons. The fourth-order valence-electron chi connectivity index (χ4n) is 1.52. The van der Waals surface area contributed by atoms with Crippen molar-refractivity contribution < 1.29 is 8.78 Å². The van der Waals surface area contributed by atoms with E-state index in [0.717, 1.165) is 12.1 Å². The smallest absolute Gasteiger partial charge is 0.251 e. The minimum Gasteiger partial charge on any atom is -0.306 e. The van der Waals surface area contributed by atoms with Gasteiger partial charge in [0, 0.05) is 11.8 Å². The molecule has 94 valence electrons. The van der Waals surface area contributed by atoms with E-state index >= 15 is 0 Å². The second-order valence-corrected chi connectivity index (χ2v) is 4.54. The standard InChI is InChI=1S/C12H9BrF2N2O/c1-2-6-3-11(18)17-12(16-6)7-4-10(15)8(13)5-9(7)14/h3-5H,2H2,1H3,(H,16,17,18). The van der Waals surface area contributed by atoms with Gasteiger partial charge in [-0.05, 0) is 34.5 Å². The highest BCUT2D eigenvalue weighted by molar-refractivity contribution is 9.10. The molecule has 1 aromatic heterocycles. The molecule has 1 aromatic carbocycles. The molecule has 2 aromatic rings. The summed E-state index contributed by atoms with van der Waals surface area (Å²) in [6, 6.07) is 3.33.